The minimum Gasteiger partial charge on any atom is -0.490 e. The van der Waals surface area contributed by atoms with Gasteiger partial charge in [-0.2, -0.15) is 0 Å². The van der Waals surface area contributed by atoms with Crippen molar-refractivity contribution in [3.05, 3.63) is 60.0 Å². The lowest BCUT2D eigenvalue weighted by Crippen LogP contribution is -2.27. The molecule has 0 unspecified atom stereocenters. The van der Waals surface area contributed by atoms with Crippen LogP contribution in [-0.2, 0) is 11.3 Å². The predicted octanol–water partition coefficient (Wildman–Crippen LogP) is 6.63. The Labute approximate surface area is 202 Å². The molecule has 0 saturated carbocycles. The van der Waals surface area contributed by atoms with Crippen LogP contribution in [0.4, 0.5) is 4.79 Å². The van der Waals surface area contributed by atoms with Gasteiger partial charge >= 0.3 is 0 Å². The highest BCUT2D eigenvalue weighted by Crippen LogP contribution is 2.38. The Morgan fingerprint density at radius 1 is 1.10 bits per heavy atom. The van der Waals surface area contributed by atoms with E-state index in [1.165, 1.54) is 4.90 Å². The summed E-state index contributed by atoms with van der Waals surface area (Å²) in [5.74, 6) is 0.908. The topological polar surface area (TPSA) is 55.8 Å². The standard InChI is InChI=1S/C21H18Cl2INO4S/c1-3-28-17-8-12(7-16(24)19(17)29-4-2)9-18-20(26)25(21(27)30-18)11-13-5-6-14(22)10-15(13)23/h5-10H,3-4,11H2,1-2H3/b18-9+. The highest BCUT2D eigenvalue weighted by Gasteiger charge is 2.35. The van der Waals surface area contributed by atoms with Gasteiger partial charge in [-0.05, 0) is 89.7 Å². The molecule has 2 amide bonds. The summed E-state index contributed by atoms with van der Waals surface area (Å²) in [5.41, 5.74) is 1.40. The van der Waals surface area contributed by atoms with Crippen molar-refractivity contribution >= 4 is 74.8 Å². The van der Waals surface area contributed by atoms with E-state index < -0.39 is 0 Å². The number of halogens is 3. The normalized spacial score (nSPS) is 15.2. The maximum absolute atomic E-state index is 12.9. The zero-order valence-electron chi connectivity index (χ0n) is 16.2. The number of ether oxygens (including phenoxy) is 2. The number of carbonyl (C=O) groups is 2. The summed E-state index contributed by atoms with van der Waals surface area (Å²) >= 11 is 15.2. The Kier molecular flexibility index (Phi) is 7.95. The lowest BCUT2D eigenvalue weighted by atomic mass is 10.1. The highest BCUT2D eigenvalue weighted by atomic mass is 127. The lowest BCUT2D eigenvalue weighted by molar-refractivity contribution is -0.123. The zero-order valence-corrected chi connectivity index (χ0v) is 20.7. The largest absolute Gasteiger partial charge is 0.490 e. The van der Waals surface area contributed by atoms with Gasteiger partial charge in [-0.3, -0.25) is 14.5 Å². The van der Waals surface area contributed by atoms with Crippen LogP contribution in [0.15, 0.2) is 35.2 Å². The van der Waals surface area contributed by atoms with Gasteiger partial charge in [-0.15, -0.1) is 0 Å². The molecule has 3 rings (SSSR count). The van der Waals surface area contributed by atoms with Gasteiger partial charge in [0.15, 0.2) is 11.5 Å². The molecule has 0 radical (unpaired) electrons. The zero-order chi connectivity index (χ0) is 21.8. The van der Waals surface area contributed by atoms with Crippen LogP contribution in [0.1, 0.15) is 25.0 Å². The molecule has 0 N–H and O–H groups in total. The van der Waals surface area contributed by atoms with Crippen LogP contribution in [0.3, 0.4) is 0 Å². The van der Waals surface area contributed by atoms with Crippen molar-refractivity contribution in [2.24, 2.45) is 0 Å². The van der Waals surface area contributed by atoms with Crippen LogP contribution in [-0.4, -0.2) is 29.3 Å². The molecular weight excluding hydrogens is 560 g/mol. The number of amides is 2. The number of imide groups is 1. The summed E-state index contributed by atoms with van der Waals surface area (Å²) in [6.07, 6.45) is 1.69. The SMILES string of the molecule is CCOc1cc(/C=C2/SC(=O)N(Cc3ccc(Cl)cc3Cl)C2=O)cc(I)c1OCC. The van der Waals surface area contributed by atoms with E-state index in [1.54, 1.807) is 30.3 Å². The maximum Gasteiger partial charge on any atom is 0.293 e. The van der Waals surface area contributed by atoms with Crippen molar-refractivity contribution in [1.29, 1.82) is 0 Å². The van der Waals surface area contributed by atoms with Crippen LogP contribution in [0.5, 0.6) is 11.5 Å². The van der Waals surface area contributed by atoms with E-state index in [0.29, 0.717) is 45.2 Å². The minimum absolute atomic E-state index is 0.0863. The number of hydrogen-bond donors (Lipinski definition) is 0. The molecule has 1 saturated heterocycles. The molecule has 1 aliphatic rings. The van der Waals surface area contributed by atoms with Crippen molar-refractivity contribution in [3.8, 4) is 11.5 Å². The Morgan fingerprint density at radius 3 is 2.50 bits per heavy atom. The molecule has 0 spiro atoms. The predicted molar refractivity (Wildman–Crippen MR) is 129 cm³/mol. The van der Waals surface area contributed by atoms with Gasteiger partial charge in [0, 0.05) is 10.0 Å². The second-order valence-corrected chi connectivity index (χ2v) is 9.20. The summed E-state index contributed by atoms with van der Waals surface area (Å²) in [6, 6.07) is 8.67. The lowest BCUT2D eigenvalue weighted by Gasteiger charge is -2.14. The smallest absolute Gasteiger partial charge is 0.293 e. The number of carbonyl (C=O) groups excluding carboxylic acids is 2. The molecule has 158 valence electrons. The van der Waals surface area contributed by atoms with E-state index in [4.69, 9.17) is 32.7 Å². The molecule has 30 heavy (non-hydrogen) atoms. The molecule has 0 bridgehead atoms. The van der Waals surface area contributed by atoms with Gasteiger partial charge in [0.05, 0.1) is 28.2 Å². The van der Waals surface area contributed by atoms with Crippen molar-refractivity contribution in [2.45, 2.75) is 20.4 Å². The summed E-state index contributed by atoms with van der Waals surface area (Å²) in [6.45, 7) is 4.88. The molecule has 9 heteroatoms. The van der Waals surface area contributed by atoms with Crippen LogP contribution in [0, 0.1) is 3.57 Å². The third-order valence-electron chi connectivity index (χ3n) is 4.14. The number of hydrogen-bond acceptors (Lipinski definition) is 5. The monoisotopic (exact) mass is 577 g/mol. The maximum atomic E-state index is 12.9. The molecule has 1 aliphatic heterocycles. The quantitative estimate of drug-likeness (QED) is 0.273. The molecular formula is C21H18Cl2INO4S. The van der Waals surface area contributed by atoms with Gasteiger partial charge in [0.25, 0.3) is 11.1 Å². The minimum atomic E-state index is -0.363. The van der Waals surface area contributed by atoms with Crippen LogP contribution < -0.4 is 9.47 Å². The Balaban J connectivity index is 1.88. The Bertz CT molecular complexity index is 1030. The second kappa shape index (κ2) is 10.3. The van der Waals surface area contributed by atoms with Gasteiger partial charge in [-0.1, -0.05) is 29.3 Å². The third-order valence-corrected chi connectivity index (χ3v) is 6.43. The first-order valence-electron chi connectivity index (χ1n) is 9.12. The first-order valence-corrected chi connectivity index (χ1v) is 11.8. The average molecular weight is 578 g/mol. The van der Waals surface area contributed by atoms with Crippen LogP contribution in [0.25, 0.3) is 6.08 Å². The fourth-order valence-corrected chi connectivity index (χ4v) is 4.91. The van der Waals surface area contributed by atoms with E-state index >= 15 is 0 Å². The number of rotatable bonds is 7. The second-order valence-electron chi connectivity index (χ2n) is 6.20. The van der Waals surface area contributed by atoms with E-state index in [0.717, 1.165) is 20.9 Å². The summed E-state index contributed by atoms with van der Waals surface area (Å²) < 4.78 is 12.2. The van der Waals surface area contributed by atoms with E-state index in [2.05, 4.69) is 22.6 Å². The van der Waals surface area contributed by atoms with E-state index in [1.807, 2.05) is 19.9 Å². The highest BCUT2D eigenvalue weighted by molar-refractivity contribution is 14.1. The molecule has 5 nitrogen and oxygen atoms in total. The average Bonchev–Trinajstić information content (AvgIpc) is 2.94. The van der Waals surface area contributed by atoms with Crippen molar-refractivity contribution in [1.82, 2.24) is 4.90 Å². The Hall–Kier alpha value is -1.42. The number of thioether (sulfide) groups is 1. The first kappa shape index (κ1) is 23.2. The third kappa shape index (κ3) is 5.25. The number of nitrogens with zero attached hydrogens (tertiary/aromatic N) is 1. The molecule has 0 atom stereocenters. The summed E-state index contributed by atoms with van der Waals surface area (Å²) in [5, 5.41) is 0.559. The van der Waals surface area contributed by atoms with E-state index in [9.17, 15) is 9.59 Å². The molecule has 0 aromatic heterocycles. The van der Waals surface area contributed by atoms with Gasteiger partial charge in [0.2, 0.25) is 0 Å². The van der Waals surface area contributed by atoms with Gasteiger partial charge in [-0.25, -0.2) is 0 Å². The van der Waals surface area contributed by atoms with Crippen LogP contribution >= 0.6 is 57.6 Å². The van der Waals surface area contributed by atoms with Crippen molar-refractivity contribution in [2.75, 3.05) is 13.2 Å². The summed E-state index contributed by atoms with van der Waals surface area (Å²) in [7, 11) is 0. The molecule has 2 aromatic carbocycles. The summed E-state index contributed by atoms with van der Waals surface area (Å²) in [4.78, 5) is 26.8. The molecule has 1 fully saturated rings. The molecule has 2 aromatic rings. The molecule has 1 heterocycles. The van der Waals surface area contributed by atoms with Crippen LogP contribution in [0.2, 0.25) is 10.0 Å². The Morgan fingerprint density at radius 2 is 1.83 bits per heavy atom. The first-order chi connectivity index (χ1) is 14.3. The van der Waals surface area contributed by atoms with Crippen molar-refractivity contribution in [3.63, 3.8) is 0 Å². The molecule has 0 aliphatic carbocycles. The fourth-order valence-electron chi connectivity index (χ4n) is 2.83. The van der Waals surface area contributed by atoms with Gasteiger partial charge in [0.1, 0.15) is 0 Å². The van der Waals surface area contributed by atoms with Gasteiger partial charge < -0.3 is 9.47 Å². The fraction of sp³-hybridized carbons (Fsp3) is 0.238. The van der Waals surface area contributed by atoms with Crippen molar-refractivity contribution < 1.29 is 19.1 Å². The number of benzene rings is 2. The van der Waals surface area contributed by atoms with E-state index in [-0.39, 0.29) is 17.7 Å².